The average molecular weight is 354 g/mol. The van der Waals surface area contributed by atoms with Crippen molar-refractivity contribution in [1.29, 1.82) is 0 Å². The molecule has 0 aromatic carbocycles. The minimum absolute atomic E-state index is 0.165. The van der Waals surface area contributed by atoms with Crippen molar-refractivity contribution in [1.82, 2.24) is 0 Å². The van der Waals surface area contributed by atoms with Gasteiger partial charge in [0.2, 0.25) is 0 Å². The molecule has 2 atom stereocenters. The van der Waals surface area contributed by atoms with Crippen LogP contribution in [0.1, 0.15) is 6.92 Å². The van der Waals surface area contributed by atoms with Gasteiger partial charge in [0.05, 0.1) is 33.6 Å². The SMILES string of the molecule is CCO[Si]1([Si](C)(C)C)OCCOCC([Si](C)(C)C)O1.CN. The van der Waals surface area contributed by atoms with Crippen LogP contribution in [0.4, 0.5) is 0 Å². The topological polar surface area (TPSA) is 62.9 Å². The lowest BCUT2D eigenvalue weighted by Gasteiger charge is -2.44. The minimum Gasteiger partial charge on any atom is -0.377 e. The molecule has 0 aromatic rings. The second-order valence-electron chi connectivity index (χ2n) is 7.14. The molecule has 1 heterocycles. The maximum absolute atomic E-state index is 6.54. The second kappa shape index (κ2) is 8.92. The third-order valence-corrected chi connectivity index (χ3v) is 16.2. The van der Waals surface area contributed by atoms with Gasteiger partial charge in [-0.25, -0.2) is 0 Å². The molecule has 0 spiro atoms. The lowest BCUT2D eigenvalue weighted by atomic mass is 10.7. The lowest BCUT2D eigenvalue weighted by molar-refractivity contribution is -0.0209. The van der Waals surface area contributed by atoms with Gasteiger partial charge in [-0.05, 0) is 14.0 Å². The van der Waals surface area contributed by atoms with Crippen molar-refractivity contribution in [2.24, 2.45) is 5.73 Å². The summed E-state index contributed by atoms with van der Waals surface area (Å²) in [6.45, 7) is 18.4. The molecule has 8 heteroatoms. The van der Waals surface area contributed by atoms with Crippen LogP contribution >= 0.6 is 0 Å². The van der Waals surface area contributed by atoms with Gasteiger partial charge in [0, 0.05) is 6.61 Å². The van der Waals surface area contributed by atoms with Gasteiger partial charge in [-0.2, -0.15) is 0 Å². The fraction of sp³-hybridized carbons (Fsp3) is 1.00. The molecule has 1 rings (SSSR count). The van der Waals surface area contributed by atoms with Crippen LogP contribution in [-0.2, 0) is 18.0 Å². The number of hydrogen-bond donors (Lipinski definition) is 1. The highest BCUT2D eigenvalue weighted by Crippen LogP contribution is 2.28. The first kappa shape index (κ1) is 21.5. The molecule has 0 bridgehead atoms. The molecule has 1 saturated heterocycles. The largest absolute Gasteiger partial charge is 0.469 e. The van der Waals surface area contributed by atoms with E-state index in [1.165, 1.54) is 7.05 Å². The second-order valence-corrected chi connectivity index (χ2v) is 25.3. The van der Waals surface area contributed by atoms with Crippen molar-refractivity contribution in [3.05, 3.63) is 0 Å². The predicted molar refractivity (Wildman–Crippen MR) is 95.8 cm³/mol. The Morgan fingerprint density at radius 3 is 2.10 bits per heavy atom. The van der Waals surface area contributed by atoms with E-state index in [1.54, 1.807) is 0 Å². The number of nitrogens with two attached hydrogens (primary N) is 1. The Hall–Kier alpha value is 0.451. The van der Waals surface area contributed by atoms with Gasteiger partial charge >= 0.3 is 8.32 Å². The highest BCUT2D eigenvalue weighted by molar-refractivity contribution is 7.33. The van der Waals surface area contributed by atoms with Crippen LogP contribution in [0.3, 0.4) is 0 Å². The average Bonchev–Trinajstić information content (AvgIpc) is 2.32. The van der Waals surface area contributed by atoms with Crippen LogP contribution < -0.4 is 5.73 Å². The van der Waals surface area contributed by atoms with E-state index in [0.29, 0.717) is 26.4 Å². The highest BCUT2D eigenvalue weighted by Gasteiger charge is 2.56. The lowest BCUT2D eigenvalue weighted by Crippen LogP contribution is -2.69. The third-order valence-electron chi connectivity index (χ3n) is 3.31. The van der Waals surface area contributed by atoms with Crippen molar-refractivity contribution >= 4 is 24.0 Å². The number of hydrogen-bond acceptors (Lipinski definition) is 5. The number of rotatable bonds is 4. The molecule has 0 radical (unpaired) electrons. The summed E-state index contributed by atoms with van der Waals surface area (Å²) in [4.78, 5) is 0. The summed E-state index contributed by atoms with van der Waals surface area (Å²) < 4.78 is 24.5. The maximum Gasteiger partial charge on any atom is 0.469 e. The molecule has 2 unspecified atom stereocenters. The van der Waals surface area contributed by atoms with Crippen LogP contribution in [-0.4, -0.2) is 63.2 Å². The van der Waals surface area contributed by atoms with Gasteiger partial charge in [-0.1, -0.05) is 39.3 Å². The molecule has 128 valence electrons. The Labute approximate surface area is 133 Å². The van der Waals surface area contributed by atoms with Crippen LogP contribution in [0.25, 0.3) is 0 Å². The first-order valence-electron chi connectivity index (χ1n) is 7.73. The van der Waals surface area contributed by atoms with Crippen LogP contribution in [0.5, 0.6) is 0 Å². The van der Waals surface area contributed by atoms with Gasteiger partial charge in [0.25, 0.3) is 0 Å². The highest BCUT2D eigenvalue weighted by atomic mass is 29.3. The van der Waals surface area contributed by atoms with E-state index in [1.807, 2.05) is 6.92 Å². The normalized spacial score (nSPS) is 28.1. The Balaban J connectivity index is 0.00000191. The van der Waals surface area contributed by atoms with E-state index in [9.17, 15) is 0 Å². The first-order valence-corrected chi connectivity index (χ1v) is 17.5. The van der Waals surface area contributed by atoms with Crippen molar-refractivity contribution < 1.29 is 18.0 Å². The zero-order chi connectivity index (χ0) is 16.7. The van der Waals surface area contributed by atoms with E-state index in [-0.39, 0.29) is 5.73 Å². The Kier molecular flexibility index (Phi) is 9.11. The Morgan fingerprint density at radius 1 is 1.10 bits per heavy atom. The van der Waals surface area contributed by atoms with E-state index in [0.717, 1.165) is 0 Å². The fourth-order valence-corrected chi connectivity index (χ4v) is 12.3. The molecule has 21 heavy (non-hydrogen) atoms. The van der Waals surface area contributed by atoms with Crippen molar-refractivity contribution in [2.45, 2.75) is 51.9 Å². The summed E-state index contributed by atoms with van der Waals surface area (Å²) in [5, 5.41) is 0. The summed E-state index contributed by atoms with van der Waals surface area (Å²) in [6, 6.07) is 0. The Bertz CT molecular complexity index is 294. The van der Waals surface area contributed by atoms with Crippen molar-refractivity contribution in [3.63, 3.8) is 0 Å². The number of ether oxygens (including phenoxy) is 1. The van der Waals surface area contributed by atoms with E-state index >= 15 is 0 Å². The molecule has 5 nitrogen and oxygen atoms in total. The van der Waals surface area contributed by atoms with Crippen molar-refractivity contribution in [2.75, 3.05) is 33.5 Å². The zero-order valence-corrected chi connectivity index (χ0v) is 18.1. The van der Waals surface area contributed by atoms with Gasteiger partial charge in [-0.15, -0.1) is 0 Å². The first-order chi connectivity index (χ1) is 9.62. The molecule has 1 aliphatic heterocycles. The standard InChI is InChI=1S/C12H30O4Si3.CH5N/c1-8-14-19(18(5,6)7)15-10-9-13-11-12(16-19)17(2,3)4;1-2/h12H,8-11H2,1-7H3;2H2,1H3. The van der Waals surface area contributed by atoms with Crippen LogP contribution in [0, 0.1) is 0 Å². The van der Waals surface area contributed by atoms with Gasteiger partial charge in [0.15, 0.2) is 0 Å². The summed E-state index contributed by atoms with van der Waals surface area (Å²) in [5.41, 5.74) is 4.66. The van der Waals surface area contributed by atoms with E-state index < -0.39 is 24.0 Å². The van der Waals surface area contributed by atoms with Gasteiger partial charge in [-0.3, -0.25) is 0 Å². The molecule has 0 saturated carbocycles. The summed E-state index contributed by atoms with van der Waals surface area (Å²) >= 11 is 0. The quantitative estimate of drug-likeness (QED) is 0.786. The van der Waals surface area contributed by atoms with E-state index in [2.05, 4.69) is 45.0 Å². The van der Waals surface area contributed by atoms with Gasteiger partial charge in [0.1, 0.15) is 7.59 Å². The summed E-state index contributed by atoms with van der Waals surface area (Å²) in [5.74, 6) is 0. The molecule has 1 fully saturated rings. The molecule has 1 aliphatic rings. The van der Waals surface area contributed by atoms with Crippen LogP contribution in [0.15, 0.2) is 0 Å². The zero-order valence-electron chi connectivity index (χ0n) is 15.1. The van der Waals surface area contributed by atoms with Gasteiger partial charge < -0.3 is 23.7 Å². The van der Waals surface area contributed by atoms with Crippen molar-refractivity contribution in [3.8, 4) is 0 Å². The molecule has 0 aliphatic carbocycles. The predicted octanol–water partition coefficient (Wildman–Crippen LogP) is 2.26. The molecule has 2 N–H and O–H groups in total. The molecule has 0 aromatic heterocycles. The monoisotopic (exact) mass is 353 g/mol. The van der Waals surface area contributed by atoms with Crippen LogP contribution in [0.2, 0.25) is 39.3 Å². The minimum atomic E-state index is -2.55. The smallest absolute Gasteiger partial charge is 0.377 e. The maximum atomic E-state index is 6.54. The Morgan fingerprint density at radius 2 is 1.67 bits per heavy atom. The molecular formula is C13H35NO4Si3. The fourth-order valence-electron chi connectivity index (χ4n) is 1.98. The van der Waals surface area contributed by atoms with E-state index in [4.69, 9.17) is 18.0 Å². The summed E-state index contributed by atoms with van der Waals surface area (Å²) in [6.07, 6.45) is 0. The molecular weight excluding hydrogens is 318 g/mol. The molecule has 0 amide bonds. The third kappa shape index (κ3) is 6.22. The summed E-state index contributed by atoms with van der Waals surface area (Å²) in [7, 11) is -4.17.